The first kappa shape index (κ1) is 23.0. The van der Waals surface area contributed by atoms with E-state index in [1.165, 1.54) is 24.1 Å². The van der Waals surface area contributed by atoms with Gasteiger partial charge in [-0.1, -0.05) is 19.8 Å². The van der Waals surface area contributed by atoms with E-state index >= 15 is 0 Å². The second-order valence-corrected chi connectivity index (χ2v) is 10.0. The van der Waals surface area contributed by atoms with Gasteiger partial charge in [0.25, 0.3) is 0 Å². The lowest BCUT2D eigenvalue weighted by atomic mass is 10.1. The molecule has 32 heavy (non-hydrogen) atoms. The van der Waals surface area contributed by atoms with Crippen LogP contribution in [0.25, 0.3) is 11.2 Å². The van der Waals surface area contributed by atoms with Gasteiger partial charge in [-0.25, -0.2) is 19.7 Å². The van der Waals surface area contributed by atoms with E-state index in [0.29, 0.717) is 0 Å². The lowest BCUT2D eigenvalue weighted by Gasteiger charge is -2.24. The molecule has 1 aliphatic carbocycles. The molecule has 5 atom stereocenters. The number of imidazole rings is 1. The highest BCUT2D eigenvalue weighted by atomic mass is 31.2. The maximum Gasteiger partial charge on any atom is 0.320 e. The van der Waals surface area contributed by atoms with Crippen LogP contribution >= 0.6 is 7.60 Å². The van der Waals surface area contributed by atoms with E-state index in [2.05, 4.69) is 25.6 Å². The molecule has 13 nitrogen and oxygen atoms in total. The van der Waals surface area contributed by atoms with Crippen molar-refractivity contribution >= 4 is 30.6 Å². The topological polar surface area (TPSA) is 184 Å². The van der Waals surface area contributed by atoms with Crippen molar-refractivity contribution in [1.82, 2.24) is 24.8 Å². The number of ether oxygens (including phenoxy) is 1. The molecule has 14 heteroatoms. The number of hydrogen-bond acceptors (Lipinski definition) is 10. The molecule has 4 N–H and O–H groups in total. The third kappa shape index (κ3) is 4.77. The quantitative estimate of drug-likeness (QED) is 0.406. The van der Waals surface area contributed by atoms with Gasteiger partial charge in [0.2, 0.25) is 0 Å². The fourth-order valence-electron chi connectivity index (χ4n) is 3.90. The maximum atomic E-state index is 12.3. The van der Waals surface area contributed by atoms with E-state index in [-0.39, 0.29) is 29.2 Å². The van der Waals surface area contributed by atoms with E-state index in [1.54, 1.807) is 0 Å². The number of fused-ring (bicyclic) bond motifs is 1. The minimum Gasteiger partial charge on any atom is -0.779 e. The van der Waals surface area contributed by atoms with Gasteiger partial charge in [-0.05, 0) is 12.8 Å². The molecule has 2 aliphatic rings. The number of rotatable bonds is 7. The summed E-state index contributed by atoms with van der Waals surface area (Å²) in [7, 11) is -4.03. The van der Waals surface area contributed by atoms with Gasteiger partial charge in [0.1, 0.15) is 32.2 Å². The fourth-order valence-corrected chi connectivity index (χ4v) is 4.46. The van der Waals surface area contributed by atoms with Crippen molar-refractivity contribution in [3.05, 3.63) is 12.7 Å². The molecule has 0 radical (unpaired) electrons. The molecule has 2 aromatic heterocycles. The summed E-state index contributed by atoms with van der Waals surface area (Å²) >= 11 is 0. The summed E-state index contributed by atoms with van der Waals surface area (Å²) in [6.45, 7) is 1.01. The normalized spacial score (nSPS) is 28.1. The lowest BCUT2D eigenvalue weighted by molar-refractivity contribution is -0.201. The van der Waals surface area contributed by atoms with E-state index in [1.807, 2.05) is 0 Å². The van der Waals surface area contributed by atoms with Gasteiger partial charge in [-0.2, -0.15) is 0 Å². The molecule has 4 rings (SSSR count). The Kier molecular flexibility index (Phi) is 6.75. The number of aliphatic hydroxyl groups is 2. The SMILES string of the molecule is CCP(=O)([O-])OC[C@H]1O[C@@H](n2cnc3c(NC(=O)NC4CCCC4)ncnc32)[C@@H](O)C1O. The van der Waals surface area contributed by atoms with Crippen molar-refractivity contribution in [2.75, 3.05) is 18.1 Å². The zero-order chi connectivity index (χ0) is 22.9. The molecule has 1 aliphatic heterocycles. The molecule has 176 valence electrons. The third-order valence-corrected chi connectivity index (χ3v) is 7.03. The van der Waals surface area contributed by atoms with Gasteiger partial charge >= 0.3 is 6.03 Å². The van der Waals surface area contributed by atoms with Gasteiger partial charge in [0.15, 0.2) is 23.2 Å². The first-order valence-electron chi connectivity index (χ1n) is 10.5. The zero-order valence-electron chi connectivity index (χ0n) is 17.5. The summed E-state index contributed by atoms with van der Waals surface area (Å²) in [6, 6.07) is -0.265. The smallest absolute Gasteiger partial charge is 0.320 e. The second kappa shape index (κ2) is 9.38. The molecular formula is C18H26N6O7P-. The van der Waals surface area contributed by atoms with Crippen LogP contribution in [-0.2, 0) is 13.8 Å². The monoisotopic (exact) mass is 469 g/mol. The highest BCUT2D eigenvalue weighted by molar-refractivity contribution is 7.51. The van der Waals surface area contributed by atoms with Crippen molar-refractivity contribution in [2.24, 2.45) is 0 Å². The predicted molar refractivity (Wildman–Crippen MR) is 110 cm³/mol. The van der Waals surface area contributed by atoms with Crippen LogP contribution in [0.4, 0.5) is 10.6 Å². The first-order chi connectivity index (χ1) is 15.3. The number of nitrogens with one attached hydrogen (secondary N) is 2. The molecule has 2 amide bonds. The van der Waals surface area contributed by atoms with E-state index < -0.39 is 44.8 Å². The highest BCUT2D eigenvalue weighted by Crippen LogP contribution is 2.39. The highest BCUT2D eigenvalue weighted by Gasteiger charge is 2.44. The number of hydrogen-bond donors (Lipinski definition) is 4. The van der Waals surface area contributed by atoms with Gasteiger partial charge < -0.3 is 34.2 Å². The molecule has 2 aromatic rings. The van der Waals surface area contributed by atoms with Crippen LogP contribution in [0.5, 0.6) is 0 Å². The van der Waals surface area contributed by atoms with Crippen LogP contribution in [0, 0.1) is 0 Å². The Morgan fingerprint density at radius 3 is 2.78 bits per heavy atom. The predicted octanol–water partition coefficient (Wildman–Crippen LogP) is 0.0995. The van der Waals surface area contributed by atoms with Crippen molar-refractivity contribution < 1.29 is 33.7 Å². The first-order valence-corrected chi connectivity index (χ1v) is 12.2. The number of carbonyl (C=O) groups is 1. The van der Waals surface area contributed by atoms with Crippen molar-refractivity contribution in [2.45, 2.75) is 63.2 Å². The number of urea groups is 1. The standard InChI is InChI=1S/C18H27N6O7P/c1-2-32(28,29)30-7-11-13(25)14(26)17(31-11)24-9-21-12-15(19-8-20-16(12)24)23-18(27)22-10-5-3-4-6-10/h8-11,13-14,17,25-26H,2-7H2,1H3,(H,28,29)(H2,19,20,22,23,27)/p-1/t11-,13?,14+,17-/m1/s1. The lowest BCUT2D eigenvalue weighted by Crippen LogP contribution is -2.36. The van der Waals surface area contributed by atoms with Crippen LogP contribution in [0.15, 0.2) is 12.7 Å². The summed E-state index contributed by atoms with van der Waals surface area (Å²) in [4.78, 5) is 36.4. The number of aromatic nitrogens is 4. The maximum absolute atomic E-state index is 12.3. The third-order valence-electron chi connectivity index (χ3n) is 5.72. The Balaban J connectivity index is 1.49. The summed E-state index contributed by atoms with van der Waals surface area (Å²) in [5, 5.41) is 26.3. The Bertz CT molecular complexity index is 1010. The molecule has 3 heterocycles. The van der Waals surface area contributed by atoms with Crippen molar-refractivity contribution in [3.63, 3.8) is 0 Å². The van der Waals surface area contributed by atoms with Gasteiger partial charge in [-0.15, -0.1) is 0 Å². The van der Waals surface area contributed by atoms with E-state index in [4.69, 9.17) is 9.26 Å². The number of amides is 2. The van der Waals surface area contributed by atoms with E-state index in [9.17, 15) is 24.5 Å². The number of nitrogens with zero attached hydrogens (tertiary/aromatic N) is 4. The Morgan fingerprint density at radius 2 is 2.06 bits per heavy atom. The molecule has 1 saturated carbocycles. The summed E-state index contributed by atoms with van der Waals surface area (Å²) in [6.07, 6.45) is 1.48. The summed E-state index contributed by atoms with van der Waals surface area (Å²) in [5.41, 5.74) is 0.533. The average Bonchev–Trinajstić information content (AvgIpc) is 3.48. The molecule has 2 fully saturated rings. The van der Waals surface area contributed by atoms with Crippen LogP contribution in [-0.4, -0.2) is 72.9 Å². The molecule has 1 saturated heterocycles. The number of carbonyl (C=O) groups excluding carboxylic acids is 1. The molecule has 2 unspecified atom stereocenters. The van der Waals surface area contributed by atoms with Gasteiger partial charge in [0, 0.05) is 12.2 Å². The van der Waals surface area contributed by atoms with Gasteiger partial charge in [-0.3, -0.25) is 9.88 Å². The largest absolute Gasteiger partial charge is 0.779 e. The summed E-state index contributed by atoms with van der Waals surface area (Å²) < 4.78 is 23.5. The minimum absolute atomic E-state index is 0.129. The number of anilines is 1. The Hall–Kier alpha value is -2.15. The molecule has 0 spiro atoms. The van der Waals surface area contributed by atoms with Crippen molar-refractivity contribution in [3.8, 4) is 0 Å². The van der Waals surface area contributed by atoms with Crippen LogP contribution in [0.1, 0.15) is 38.8 Å². The van der Waals surface area contributed by atoms with Crippen LogP contribution < -0.4 is 15.5 Å². The molecular weight excluding hydrogens is 443 g/mol. The van der Waals surface area contributed by atoms with Crippen molar-refractivity contribution in [1.29, 1.82) is 0 Å². The van der Waals surface area contributed by atoms with Crippen LogP contribution in [0.3, 0.4) is 0 Å². The fraction of sp³-hybridized carbons (Fsp3) is 0.667. The molecule has 0 bridgehead atoms. The number of aliphatic hydroxyl groups excluding tert-OH is 2. The average molecular weight is 469 g/mol. The Labute approximate surface area is 183 Å². The Morgan fingerprint density at radius 1 is 1.31 bits per heavy atom. The second-order valence-electron chi connectivity index (χ2n) is 7.90. The minimum atomic E-state index is -4.03. The zero-order valence-corrected chi connectivity index (χ0v) is 18.4. The molecule has 0 aromatic carbocycles. The van der Waals surface area contributed by atoms with E-state index in [0.717, 1.165) is 25.7 Å². The summed E-state index contributed by atoms with van der Waals surface area (Å²) in [5.74, 6) is 0.187. The van der Waals surface area contributed by atoms with Crippen LogP contribution in [0.2, 0.25) is 0 Å². The van der Waals surface area contributed by atoms with Gasteiger partial charge in [0.05, 0.1) is 12.9 Å².